The van der Waals surface area contributed by atoms with Gasteiger partial charge in [0, 0.05) is 18.2 Å². The fraction of sp³-hybridized carbons (Fsp3) is 0.552. The molecule has 0 radical (unpaired) electrons. The number of hydrogen-bond donors (Lipinski definition) is 1. The van der Waals surface area contributed by atoms with Crippen LogP contribution in [0.25, 0.3) is 22.4 Å². The lowest BCUT2D eigenvalue weighted by Gasteiger charge is -2.42. The Morgan fingerprint density at radius 3 is 2.46 bits per heavy atom. The number of nitrogens with zero attached hydrogens (tertiary/aromatic N) is 3. The van der Waals surface area contributed by atoms with Crippen LogP contribution < -0.4 is 4.74 Å². The molecule has 0 atom stereocenters. The molecule has 3 heterocycles. The number of aromatic amines is 1. The van der Waals surface area contributed by atoms with Crippen LogP contribution in [0.3, 0.4) is 0 Å². The summed E-state index contributed by atoms with van der Waals surface area (Å²) >= 11 is 0. The Hall–Kier alpha value is -2.44. The molecule has 35 heavy (non-hydrogen) atoms. The predicted molar refractivity (Wildman–Crippen MR) is 141 cm³/mol. The summed E-state index contributed by atoms with van der Waals surface area (Å²) in [5, 5.41) is 0. The highest BCUT2D eigenvalue weighted by Crippen LogP contribution is 2.34. The first-order valence-electron chi connectivity index (χ1n) is 13.2. The minimum atomic E-state index is -0.375. The van der Waals surface area contributed by atoms with Crippen molar-refractivity contribution in [1.82, 2.24) is 19.8 Å². The number of aromatic nitrogens is 2. The molecule has 0 bridgehead atoms. The van der Waals surface area contributed by atoms with E-state index in [4.69, 9.17) is 9.72 Å². The molecule has 1 N–H and O–H groups in total. The molecule has 188 valence electrons. The summed E-state index contributed by atoms with van der Waals surface area (Å²) in [5.74, 6) is 1.91. The molecule has 5 nitrogen and oxygen atoms in total. The van der Waals surface area contributed by atoms with Gasteiger partial charge >= 0.3 is 0 Å². The second-order valence-electron chi connectivity index (χ2n) is 10.9. The highest BCUT2D eigenvalue weighted by molar-refractivity contribution is 5.83. The van der Waals surface area contributed by atoms with E-state index in [-0.39, 0.29) is 11.6 Å². The third-order valence-corrected chi connectivity index (χ3v) is 7.92. The van der Waals surface area contributed by atoms with Crippen LogP contribution in [-0.4, -0.2) is 65.6 Å². The van der Waals surface area contributed by atoms with E-state index in [1.54, 1.807) is 6.07 Å². The van der Waals surface area contributed by atoms with Crippen LogP contribution in [0.5, 0.6) is 5.75 Å². The summed E-state index contributed by atoms with van der Waals surface area (Å²) in [7, 11) is 1.48. The van der Waals surface area contributed by atoms with E-state index < -0.39 is 0 Å². The second-order valence-corrected chi connectivity index (χ2v) is 10.9. The standard InChI is InChI=1S/C29H39FN4O/c1-19(2)18-33-11-9-24(10-12-33)34-13-7-21(8-14-34)23-15-20(3)28-26(17-23)31-29(32-28)22-5-6-27(35-4)25(30)16-22/h5-6,15-17,19,21,24H,7-14,18H2,1-4H3,(H,31,32). The van der Waals surface area contributed by atoms with Crippen molar-refractivity contribution in [2.24, 2.45) is 5.92 Å². The summed E-state index contributed by atoms with van der Waals surface area (Å²) < 4.78 is 19.3. The number of aryl methyl sites for hydroxylation is 1. The van der Waals surface area contributed by atoms with Crippen molar-refractivity contribution < 1.29 is 9.13 Å². The largest absolute Gasteiger partial charge is 0.494 e. The summed E-state index contributed by atoms with van der Waals surface area (Å²) in [5.41, 5.74) is 5.30. The number of fused-ring (bicyclic) bond motifs is 1. The van der Waals surface area contributed by atoms with Crippen molar-refractivity contribution in [3.8, 4) is 17.1 Å². The lowest BCUT2D eigenvalue weighted by molar-refractivity contribution is 0.0828. The second kappa shape index (κ2) is 10.3. The molecule has 2 fully saturated rings. The topological polar surface area (TPSA) is 44.4 Å². The number of imidazole rings is 1. The van der Waals surface area contributed by atoms with Crippen molar-refractivity contribution in [1.29, 1.82) is 0 Å². The zero-order chi connectivity index (χ0) is 24.5. The van der Waals surface area contributed by atoms with Gasteiger partial charge in [-0.3, -0.25) is 0 Å². The van der Waals surface area contributed by atoms with Crippen molar-refractivity contribution in [2.45, 2.75) is 58.4 Å². The average Bonchev–Trinajstić information content (AvgIpc) is 3.29. The zero-order valence-corrected chi connectivity index (χ0v) is 21.6. The van der Waals surface area contributed by atoms with Crippen molar-refractivity contribution in [3.63, 3.8) is 0 Å². The molecule has 0 amide bonds. The molecule has 3 aromatic rings. The number of ether oxygens (including phenoxy) is 1. The van der Waals surface area contributed by atoms with Gasteiger partial charge in [0.1, 0.15) is 5.82 Å². The van der Waals surface area contributed by atoms with E-state index in [9.17, 15) is 4.39 Å². The first-order valence-corrected chi connectivity index (χ1v) is 13.2. The van der Waals surface area contributed by atoms with Gasteiger partial charge in [0.2, 0.25) is 0 Å². The highest BCUT2D eigenvalue weighted by Gasteiger charge is 2.29. The normalized spacial score (nSPS) is 19.1. The number of halogens is 1. The van der Waals surface area contributed by atoms with Crippen LogP contribution in [0.2, 0.25) is 0 Å². The van der Waals surface area contributed by atoms with Crippen LogP contribution in [0.4, 0.5) is 4.39 Å². The van der Waals surface area contributed by atoms with Crippen LogP contribution in [0, 0.1) is 18.7 Å². The van der Waals surface area contributed by atoms with Gasteiger partial charge in [0.25, 0.3) is 0 Å². The van der Waals surface area contributed by atoms with Gasteiger partial charge in [-0.2, -0.15) is 0 Å². The quantitative estimate of drug-likeness (QED) is 0.473. The lowest BCUT2D eigenvalue weighted by atomic mass is 9.87. The van der Waals surface area contributed by atoms with Gasteiger partial charge in [-0.05, 0) is 106 Å². The summed E-state index contributed by atoms with van der Waals surface area (Å²) in [6, 6.07) is 10.3. The highest BCUT2D eigenvalue weighted by atomic mass is 19.1. The van der Waals surface area contributed by atoms with Crippen LogP contribution in [0.1, 0.15) is 56.6 Å². The van der Waals surface area contributed by atoms with Crippen molar-refractivity contribution in [2.75, 3.05) is 39.8 Å². The molecule has 0 aliphatic carbocycles. The van der Waals surface area contributed by atoms with E-state index >= 15 is 0 Å². The van der Waals surface area contributed by atoms with Crippen LogP contribution >= 0.6 is 0 Å². The Morgan fingerprint density at radius 2 is 1.80 bits per heavy atom. The maximum atomic E-state index is 14.2. The van der Waals surface area contributed by atoms with Crippen molar-refractivity contribution >= 4 is 11.0 Å². The molecule has 0 unspecified atom stereocenters. The van der Waals surface area contributed by atoms with E-state index in [0.29, 0.717) is 11.7 Å². The minimum absolute atomic E-state index is 0.246. The van der Waals surface area contributed by atoms with E-state index in [1.807, 2.05) is 6.07 Å². The molecule has 6 heteroatoms. The number of piperidine rings is 2. The third kappa shape index (κ3) is 5.24. The summed E-state index contributed by atoms with van der Waals surface area (Å²) in [6.07, 6.45) is 5.04. The summed E-state index contributed by atoms with van der Waals surface area (Å²) in [6.45, 7) is 12.9. The van der Waals surface area contributed by atoms with Gasteiger partial charge in [-0.1, -0.05) is 19.9 Å². The Balaban J connectivity index is 1.25. The maximum absolute atomic E-state index is 14.2. The molecule has 2 saturated heterocycles. The molecular formula is C29H39FN4O. The van der Waals surface area contributed by atoms with Crippen LogP contribution in [0.15, 0.2) is 30.3 Å². The molecule has 5 rings (SSSR count). The van der Waals surface area contributed by atoms with E-state index in [1.165, 1.54) is 82.7 Å². The Kier molecular flexibility index (Phi) is 7.12. The molecule has 1 aromatic heterocycles. The molecule has 0 spiro atoms. The van der Waals surface area contributed by atoms with Crippen molar-refractivity contribution in [3.05, 3.63) is 47.3 Å². The molecule has 2 aliphatic heterocycles. The zero-order valence-electron chi connectivity index (χ0n) is 21.6. The number of likely N-dealkylation sites (tertiary alicyclic amines) is 2. The molecular weight excluding hydrogens is 439 g/mol. The number of hydrogen-bond acceptors (Lipinski definition) is 4. The van der Waals surface area contributed by atoms with Gasteiger partial charge in [0.05, 0.1) is 18.1 Å². The maximum Gasteiger partial charge on any atom is 0.165 e. The van der Waals surface area contributed by atoms with E-state index in [0.717, 1.165) is 28.6 Å². The molecule has 0 saturated carbocycles. The van der Waals surface area contributed by atoms with Crippen LogP contribution in [-0.2, 0) is 0 Å². The van der Waals surface area contributed by atoms with E-state index in [2.05, 4.69) is 47.7 Å². The smallest absolute Gasteiger partial charge is 0.165 e. The first-order chi connectivity index (χ1) is 16.9. The number of methoxy groups -OCH3 is 1. The fourth-order valence-electron chi connectivity index (χ4n) is 6.09. The fourth-order valence-corrected chi connectivity index (χ4v) is 6.09. The average molecular weight is 479 g/mol. The third-order valence-electron chi connectivity index (χ3n) is 7.92. The summed E-state index contributed by atoms with van der Waals surface area (Å²) in [4.78, 5) is 13.6. The monoisotopic (exact) mass is 478 g/mol. The Labute approximate surface area is 208 Å². The SMILES string of the molecule is COc1ccc(-c2nc3c(C)cc(C4CCN(C5CCN(CC(C)C)CC5)CC4)cc3[nH]2)cc1F. The van der Waals surface area contributed by atoms with Gasteiger partial charge in [-0.15, -0.1) is 0 Å². The van der Waals surface area contributed by atoms with Gasteiger partial charge in [0.15, 0.2) is 11.6 Å². The number of rotatable bonds is 6. The Morgan fingerprint density at radius 1 is 1.06 bits per heavy atom. The van der Waals surface area contributed by atoms with Gasteiger partial charge < -0.3 is 19.5 Å². The predicted octanol–water partition coefficient (Wildman–Crippen LogP) is 5.99. The number of benzene rings is 2. The molecule has 2 aromatic carbocycles. The molecule has 2 aliphatic rings. The lowest BCUT2D eigenvalue weighted by Crippen LogP contribution is -2.48. The first kappa shape index (κ1) is 24.3. The van der Waals surface area contributed by atoms with Gasteiger partial charge in [-0.25, -0.2) is 9.37 Å². The Bertz CT molecular complexity index is 1160. The number of H-pyrrole nitrogens is 1. The number of nitrogens with one attached hydrogen (secondary N) is 1. The minimum Gasteiger partial charge on any atom is -0.494 e.